The van der Waals surface area contributed by atoms with Crippen molar-refractivity contribution in [1.82, 2.24) is 4.90 Å². The number of hydrogen-bond donors (Lipinski definition) is 1. The third kappa shape index (κ3) is 3.93. The maximum absolute atomic E-state index is 12.0. The van der Waals surface area contributed by atoms with Crippen molar-refractivity contribution in [2.24, 2.45) is 11.3 Å². The third-order valence-corrected chi connectivity index (χ3v) is 4.08. The largest absolute Gasteiger partial charge is 0.481 e. The maximum atomic E-state index is 12.0. The van der Waals surface area contributed by atoms with E-state index < -0.39 is 11.4 Å². The highest BCUT2D eigenvalue weighted by atomic mass is 16.5. The molecule has 1 heterocycles. The zero-order chi connectivity index (χ0) is 15.2. The number of likely N-dealkylation sites (tertiary alicyclic amines) is 1. The first-order valence-corrected chi connectivity index (χ1v) is 7.02. The van der Waals surface area contributed by atoms with Crippen LogP contribution < -0.4 is 0 Å². The lowest BCUT2D eigenvalue weighted by Crippen LogP contribution is -2.40. The zero-order valence-corrected chi connectivity index (χ0v) is 12.6. The molecule has 20 heavy (non-hydrogen) atoms. The van der Waals surface area contributed by atoms with Crippen molar-refractivity contribution in [3.63, 3.8) is 0 Å². The molecule has 116 valence electrons. The van der Waals surface area contributed by atoms with Gasteiger partial charge in [0.25, 0.3) is 0 Å². The molecule has 6 heteroatoms. The van der Waals surface area contributed by atoms with Crippen LogP contribution in [0, 0.1) is 11.3 Å². The van der Waals surface area contributed by atoms with Gasteiger partial charge < -0.3 is 19.5 Å². The molecule has 1 aliphatic heterocycles. The quantitative estimate of drug-likeness (QED) is 0.674. The molecule has 1 rings (SSSR count). The van der Waals surface area contributed by atoms with E-state index in [1.54, 1.807) is 12.0 Å². The number of rotatable bonds is 8. The number of amides is 1. The van der Waals surface area contributed by atoms with Gasteiger partial charge in [-0.2, -0.15) is 0 Å². The van der Waals surface area contributed by atoms with Gasteiger partial charge >= 0.3 is 5.97 Å². The predicted octanol–water partition coefficient (Wildman–Crippen LogP) is 0.999. The normalized spacial score (nSPS) is 22.5. The minimum absolute atomic E-state index is 0.00996. The molecule has 0 aromatic rings. The SMILES string of the molecule is COCCOCCC(=O)N1CCC(C(=O)O)(C(C)C)C1. The average molecular weight is 287 g/mol. The summed E-state index contributed by atoms with van der Waals surface area (Å²) in [6, 6.07) is 0. The minimum atomic E-state index is -0.806. The van der Waals surface area contributed by atoms with E-state index in [1.165, 1.54) is 0 Å². The van der Waals surface area contributed by atoms with Crippen molar-refractivity contribution < 1.29 is 24.2 Å². The Balaban J connectivity index is 2.42. The fourth-order valence-electron chi connectivity index (χ4n) is 2.50. The summed E-state index contributed by atoms with van der Waals surface area (Å²) in [5.41, 5.74) is -0.799. The molecule has 1 aliphatic rings. The van der Waals surface area contributed by atoms with Crippen molar-refractivity contribution in [2.75, 3.05) is 40.0 Å². The molecule has 0 bridgehead atoms. The van der Waals surface area contributed by atoms with E-state index in [1.807, 2.05) is 13.8 Å². The molecule has 1 unspecified atom stereocenters. The number of hydrogen-bond acceptors (Lipinski definition) is 4. The van der Waals surface area contributed by atoms with Gasteiger partial charge in [0.05, 0.1) is 31.7 Å². The van der Waals surface area contributed by atoms with E-state index in [0.29, 0.717) is 39.3 Å². The lowest BCUT2D eigenvalue weighted by atomic mass is 9.76. The summed E-state index contributed by atoms with van der Waals surface area (Å²) >= 11 is 0. The van der Waals surface area contributed by atoms with Gasteiger partial charge in [0.15, 0.2) is 0 Å². The Hall–Kier alpha value is -1.14. The smallest absolute Gasteiger partial charge is 0.311 e. The topological polar surface area (TPSA) is 76.1 Å². The fraction of sp³-hybridized carbons (Fsp3) is 0.857. The van der Waals surface area contributed by atoms with E-state index in [4.69, 9.17) is 9.47 Å². The van der Waals surface area contributed by atoms with Crippen LogP contribution in [-0.2, 0) is 19.1 Å². The van der Waals surface area contributed by atoms with E-state index in [2.05, 4.69) is 0 Å². The highest BCUT2D eigenvalue weighted by Crippen LogP contribution is 2.38. The number of ether oxygens (including phenoxy) is 2. The van der Waals surface area contributed by atoms with Gasteiger partial charge in [-0.25, -0.2) is 0 Å². The van der Waals surface area contributed by atoms with Gasteiger partial charge in [-0.05, 0) is 12.3 Å². The van der Waals surface area contributed by atoms with Crippen LogP contribution in [-0.4, -0.2) is 61.9 Å². The van der Waals surface area contributed by atoms with Crippen LogP contribution in [0.25, 0.3) is 0 Å². The van der Waals surface area contributed by atoms with Gasteiger partial charge in [-0.15, -0.1) is 0 Å². The Morgan fingerprint density at radius 2 is 2.00 bits per heavy atom. The van der Waals surface area contributed by atoms with Crippen LogP contribution >= 0.6 is 0 Å². The minimum Gasteiger partial charge on any atom is -0.481 e. The van der Waals surface area contributed by atoms with Crippen molar-refractivity contribution in [1.29, 1.82) is 0 Å². The highest BCUT2D eigenvalue weighted by molar-refractivity contribution is 5.80. The standard InChI is InChI=1S/C14H25NO5/c1-11(2)14(13(17)18)5-6-15(10-14)12(16)4-7-20-9-8-19-3/h11H,4-10H2,1-3H3,(H,17,18). The number of carboxylic acid groups (broad SMARTS) is 1. The molecule has 0 saturated carbocycles. The molecule has 1 amide bonds. The van der Waals surface area contributed by atoms with E-state index >= 15 is 0 Å². The molecule has 0 radical (unpaired) electrons. The summed E-state index contributed by atoms with van der Waals surface area (Å²) in [6.07, 6.45) is 0.813. The summed E-state index contributed by atoms with van der Waals surface area (Å²) in [4.78, 5) is 25.2. The van der Waals surface area contributed by atoms with E-state index in [0.717, 1.165) is 0 Å². The number of carbonyl (C=O) groups is 2. The van der Waals surface area contributed by atoms with E-state index in [-0.39, 0.29) is 18.2 Å². The number of aliphatic carboxylic acids is 1. The van der Waals surface area contributed by atoms with Gasteiger partial charge in [0, 0.05) is 20.2 Å². The molecule has 0 spiro atoms. The second-order valence-electron chi connectivity index (χ2n) is 5.54. The number of nitrogens with zero attached hydrogens (tertiary/aromatic N) is 1. The van der Waals surface area contributed by atoms with Crippen LogP contribution in [0.5, 0.6) is 0 Å². The number of carboxylic acids is 1. The molecular formula is C14H25NO5. The first kappa shape index (κ1) is 16.9. The Labute approximate surface area is 120 Å². The van der Waals surface area contributed by atoms with Crippen LogP contribution in [0.3, 0.4) is 0 Å². The second kappa shape index (κ2) is 7.59. The second-order valence-corrected chi connectivity index (χ2v) is 5.54. The molecule has 0 aromatic carbocycles. The van der Waals surface area contributed by atoms with Crippen molar-refractivity contribution in [2.45, 2.75) is 26.7 Å². The summed E-state index contributed by atoms with van der Waals surface area (Å²) < 4.78 is 10.1. The molecule has 0 aromatic heterocycles. The maximum Gasteiger partial charge on any atom is 0.311 e. The number of methoxy groups -OCH3 is 1. The molecule has 1 saturated heterocycles. The first-order valence-electron chi connectivity index (χ1n) is 7.02. The van der Waals surface area contributed by atoms with Crippen LogP contribution in [0.2, 0.25) is 0 Å². The lowest BCUT2D eigenvalue weighted by molar-refractivity contribution is -0.151. The van der Waals surface area contributed by atoms with Gasteiger partial charge in [0.1, 0.15) is 0 Å². The Bertz CT molecular complexity index is 344. The summed E-state index contributed by atoms with van der Waals surface area (Å²) in [5.74, 6) is -0.832. The molecule has 1 N–H and O–H groups in total. The average Bonchev–Trinajstić information content (AvgIpc) is 2.84. The predicted molar refractivity (Wildman–Crippen MR) is 73.4 cm³/mol. The number of carbonyl (C=O) groups excluding carboxylic acids is 1. The Kier molecular flexibility index (Phi) is 6.42. The Morgan fingerprint density at radius 3 is 2.50 bits per heavy atom. The lowest BCUT2D eigenvalue weighted by Gasteiger charge is -2.28. The van der Waals surface area contributed by atoms with Gasteiger partial charge in [-0.3, -0.25) is 9.59 Å². The van der Waals surface area contributed by atoms with Crippen LogP contribution in [0.1, 0.15) is 26.7 Å². The molecular weight excluding hydrogens is 262 g/mol. The summed E-state index contributed by atoms with van der Waals surface area (Å²) in [5, 5.41) is 9.43. The monoisotopic (exact) mass is 287 g/mol. The summed E-state index contributed by atoms with van der Waals surface area (Å²) in [6.45, 7) is 5.94. The van der Waals surface area contributed by atoms with E-state index in [9.17, 15) is 14.7 Å². The fourth-order valence-corrected chi connectivity index (χ4v) is 2.50. The van der Waals surface area contributed by atoms with Crippen LogP contribution in [0.15, 0.2) is 0 Å². The molecule has 6 nitrogen and oxygen atoms in total. The molecule has 0 aliphatic carbocycles. The van der Waals surface area contributed by atoms with Crippen molar-refractivity contribution in [3.8, 4) is 0 Å². The van der Waals surface area contributed by atoms with Crippen molar-refractivity contribution in [3.05, 3.63) is 0 Å². The summed E-state index contributed by atoms with van der Waals surface area (Å²) in [7, 11) is 1.59. The molecule has 1 fully saturated rings. The first-order chi connectivity index (χ1) is 9.44. The van der Waals surface area contributed by atoms with Crippen LogP contribution in [0.4, 0.5) is 0 Å². The van der Waals surface area contributed by atoms with Crippen molar-refractivity contribution >= 4 is 11.9 Å². The zero-order valence-electron chi connectivity index (χ0n) is 12.6. The molecule has 1 atom stereocenters. The Morgan fingerprint density at radius 1 is 1.30 bits per heavy atom. The highest BCUT2D eigenvalue weighted by Gasteiger charge is 2.48. The third-order valence-electron chi connectivity index (χ3n) is 4.08. The van der Waals surface area contributed by atoms with Gasteiger partial charge in [0.2, 0.25) is 5.91 Å². The van der Waals surface area contributed by atoms with Gasteiger partial charge in [-0.1, -0.05) is 13.8 Å².